The highest BCUT2D eigenvalue weighted by Crippen LogP contribution is 2.17. The molecule has 0 heterocycles. The second-order valence-corrected chi connectivity index (χ2v) is 6.81. The molecule has 98 valence electrons. The summed E-state index contributed by atoms with van der Waals surface area (Å²) in [4.78, 5) is 0. The van der Waals surface area contributed by atoms with Crippen LogP contribution in [0.2, 0.25) is 0 Å². The maximum atomic E-state index is 8.70. The molecule has 0 aromatic heterocycles. The van der Waals surface area contributed by atoms with E-state index in [1.54, 1.807) is 18.7 Å². The molecule has 0 amide bonds. The zero-order chi connectivity index (χ0) is 13.5. The zero-order valence-electron chi connectivity index (χ0n) is 11.3. The van der Waals surface area contributed by atoms with Crippen LogP contribution in [0.1, 0.15) is 20.8 Å². The van der Waals surface area contributed by atoms with Gasteiger partial charge < -0.3 is 18.0 Å². The summed E-state index contributed by atoms with van der Waals surface area (Å²) < 4.78 is 21.3. The lowest BCUT2D eigenvalue weighted by Gasteiger charge is -2.25. The van der Waals surface area contributed by atoms with Crippen LogP contribution in [0.3, 0.4) is 0 Å². The fraction of sp³-hybridized carbons (Fsp3) is 0.727. The first-order chi connectivity index (χ1) is 7.84. The predicted molar refractivity (Wildman–Crippen MR) is 66.2 cm³/mol. The van der Waals surface area contributed by atoms with E-state index in [-0.39, 0.29) is 0 Å². The Morgan fingerprint density at radius 2 is 1.65 bits per heavy atom. The topological polar surface area (TPSA) is 60.7 Å². The van der Waals surface area contributed by atoms with Crippen LogP contribution in [0.5, 0.6) is 0 Å². The molecule has 0 aliphatic carbocycles. The summed E-state index contributed by atoms with van der Waals surface area (Å²) >= 11 is 0. The minimum Gasteiger partial charge on any atom is -0.374 e. The van der Waals surface area contributed by atoms with Crippen molar-refractivity contribution in [3.05, 3.63) is 11.8 Å². The Kier molecular flexibility index (Phi) is 6.60. The highest BCUT2D eigenvalue weighted by Gasteiger charge is 2.35. The first-order valence-electron chi connectivity index (χ1n) is 5.28. The van der Waals surface area contributed by atoms with Crippen LogP contribution in [0.15, 0.2) is 11.8 Å². The van der Waals surface area contributed by atoms with Crippen molar-refractivity contribution in [2.75, 3.05) is 21.3 Å². The molecule has 0 aromatic rings. The Labute approximate surface area is 104 Å². The molecule has 17 heavy (non-hydrogen) atoms. The maximum Gasteiger partial charge on any atom is 0.528 e. The van der Waals surface area contributed by atoms with E-state index < -0.39 is 20.5 Å². The fourth-order valence-corrected chi connectivity index (χ4v) is 2.79. The smallest absolute Gasteiger partial charge is 0.374 e. The van der Waals surface area contributed by atoms with E-state index in [0.29, 0.717) is 0 Å². The molecule has 1 unspecified atom stereocenters. The van der Waals surface area contributed by atoms with Gasteiger partial charge in [0.1, 0.15) is 6.10 Å². The lowest BCUT2D eigenvalue weighted by Crippen LogP contribution is -2.42. The van der Waals surface area contributed by atoms with Crippen LogP contribution in [0.4, 0.5) is 0 Å². The molecule has 0 rings (SSSR count). The second kappa shape index (κ2) is 6.89. The molecule has 0 bridgehead atoms. The first-order valence-corrected chi connectivity index (χ1v) is 7.08. The molecule has 0 saturated heterocycles. The molecule has 0 aliphatic heterocycles. The minimum atomic E-state index is -2.73. The van der Waals surface area contributed by atoms with Gasteiger partial charge in [-0.1, -0.05) is 6.08 Å². The van der Waals surface area contributed by atoms with Crippen LogP contribution in [-0.4, -0.2) is 41.8 Å². The lowest BCUT2D eigenvalue weighted by molar-refractivity contribution is -0.00585. The van der Waals surface area contributed by atoms with Crippen molar-refractivity contribution < 1.29 is 18.0 Å². The van der Waals surface area contributed by atoms with Gasteiger partial charge in [-0.25, -0.2) is 0 Å². The van der Waals surface area contributed by atoms with Gasteiger partial charge in [-0.15, -0.1) is 0 Å². The van der Waals surface area contributed by atoms with Gasteiger partial charge in [0.2, 0.25) is 0 Å². The van der Waals surface area contributed by atoms with E-state index in [9.17, 15) is 0 Å². The normalized spacial score (nSPS) is 14.9. The third-order valence-corrected chi connectivity index (χ3v) is 4.49. The largest absolute Gasteiger partial charge is 0.528 e. The Morgan fingerprint density at radius 3 is 2.00 bits per heavy atom. The average molecular weight is 259 g/mol. The number of hydrogen-bond donors (Lipinski definition) is 0. The standard InChI is InChI=1S/C11H21NO4Si/c1-10(9-12)16-11(2,3)7-8-17(13-4,14-5)15-6/h7-8,10H,1-6H3. The number of hydrogen-bond acceptors (Lipinski definition) is 5. The molecule has 0 saturated carbocycles. The molecule has 1 atom stereocenters. The van der Waals surface area contributed by atoms with E-state index in [4.69, 9.17) is 23.3 Å². The molecule has 0 aliphatic rings. The van der Waals surface area contributed by atoms with Gasteiger partial charge in [-0.2, -0.15) is 5.26 Å². The van der Waals surface area contributed by atoms with Crippen molar-refractivity contribution in [2.45, 2.75) is 32.5 Å². The van der Waals surface area contributed by atoms with Gasteiger partial charge in [-0.3, -0.25) is 0 Å². The average Bonchev–Trinajstić information content (AvgIpc) is 2.31. The van der Waals surface area contributed by atoms with Crippen molar-refractivity contribution in [3.63, 3.8) is 0 Å². The highest BCUT2D eigenvalue weighted by atomic mass is 28.4. The Hall–Kier alpha value is -0.713. The highest BCUT2D eigenvalue weighted by molar-refractivity contribution is 6.66. The van der Waals surface area contributed by atoms with Gasteiger partial charge in [-0.05, 0) is 26.5 Å². The van der Waals surface area contributed by atoms with Gasteiger partial charge in [0.25, 0.3) is 0 Å². The summed E-state index contributed by atoms with van der Waals surface area (Å²) in [5.74, 6) is 0. The molecule has 0 aromatic carbocycles. The van der Waals surface area contributed by atoms with E-state index in [2.05, 4.69) is 0 Å². The zero-order valence-corrected chi connectivity index (χ0v) is 12.3. The van der Waals surface area contributed by atoms with Crippen LogP contribution < -0.4 is 0 Å². The summed E-state index contributed by atoms with van der Waals surface area (Å²) in [7, 11) is 1.88. The molecule has 0 N–H and O–H groups in total. The molecule has 0 spiro atoms. The number of rotatable bonds is 7. The molecular formula is C11H21NO4Si. The quantitative estimate of drug-likeness (QED) is 0.651. The summed E-state index contributed by atoms with van der Waals surface area (Å²) in [5.41, 5.74) is 1.17. The molecular weight excluding hydrogens is 238 g/mol. The van der Waals surface area contributed by atoms with Crippen LogP contribution >= 0.6 is 0 Å². The van der Waals surface area contributed by atoms with Crippen molar-refractivity contribution in [1.29, 1.82) is 5.26 Å². The van der Waals surface area contributed by atoms with Crippen LogP contribution in [0, 0.1) is 11.3 Å². The predicted octanol–water partition coefficient (Wildman–Crippen LogP) is 1.67. The number of nitriles is 1. The Balaban J connectivity index is 4.73. The van der Waals surface area contributed by atoms with Gasteiger partial charge in [0.15, 0.2) is 0 Å². The van der Waals surface area contributed by atoms with Crippen molar-refractivity contribution in [1.82, 2.24) is 0 Å². The van der Waals surface area contributed by atoms with Crippen molar-refractivity contribution >= 4 is 8.80 Å². The fourth-order valence-electron chi connectivity index (χ4n) is 1.28. The summed E-state index contributed by atoms with van der Waals surface area (Å²) in [5, 5.41) is 8.70. The summed E-state index contributed by atoms with van der Waals surface area (Å²) in [6, 6.07) is 2.02. The Bertz CT molecular complexity index is 286. The SMILES string of the molecule is CO[Si](C=CC(C)(C)OC(C)C#N)(OC)OC. The number of ether oxygens (including phenoxy) is 1. The molecule has 5 nitrogen and oxygen atoms in total. The molecule has 6 heteroatoms. The summed E-state index contributed by atoms with van der Waals surface area (Å²) in [6.07, 6.45) is 1.32. The second-order valence-electron chi connectivity index (χ2n) is 4.04. The Morgan fingerprint density at radius 1 is 1.18 bits per heavy atom. The van der Waals surface area contributed by atoms with Gasteiger partial charge >= 0.3 is 8.80 Å². The van der Waals surface area contributed by atoms with Crippen molar-refractivity contribution in [3.8, 4) is 6.07 Å². The minimum absolute atomic E-state index is 0.474. The van der Waals surface area contributed by atoms with E-state index in [1.807, 2.05) is 19.9 Å². The van der Waals surface area contributed by atoms with Gasteiger partial charge in [0.05, 0.1) is 11.7 Å². The molecule has 0 fully saturated rings. The van der Waals surface area contributed by atoms with Crippen molar-refractivity contribution in [2.24, 2.45) is 0 Å². The summed E-state index contributed by atoms with van der Waals surface area (Å²) in [6.45, 7) is 5.41. The monoisotopic (exact) mass is 259 g/mol. The first kappa shape index (κ1) is 16.3. The third-order valence-electron chi connectivity index (χ3n) is 2.20. The molecule has 0 radical (unpaired) electrons. The lowest BCUT2D eigenvalue weighted by atomic mass is 10.1. The van der Waals surface area contributed by atoms with Crippen LogP contribution in [0.25, 0.3) is 0 Å². The maximum absolute atomic E-state index is 8.70. The van der Waals surface area contributed by atoms with E-state index in [0.717, 1.165) is 0 Å². The van der Waals surface area contributed by atoms with Crippen LogP contribution in [-0.2, 0) is 18.0 Å². The van der Waals surface area contributed by atoms with E-state index in [1.165, 1.54) is 21.3 Å². The third kappa shape index (κ3) is 5.43. The van der Waals surface area contributed by atoms with E-state index >= 15 is 0 Å². The van der Waals surface area contributed by atoms with Gasteiger partial charge in [0, 0.05) is 21.3 Å². The number of nitrogens with zero attached hydrogens (tertiary/aromatic N) is 1.